The molecule has 0 radical (unpaired) electrons. The van der Waals surface area contributed by atoms with Crippen molar-refractivity contribution in [3.8, 4) is 0 Å². The van der Waals surface area contributed by atoms with E-state index >= 15 is 0 Å². The Bertz CT molecular complexity index is 742. The Hall–Kier alpha value is -2.69. The van der Waals surface area contributed by atoms with E-state index in [0.717, 1.165) is 16.7 Å². The minimum Gasteiger partial charge on any atom is -0.344 e. The Morgan fingerprint density at radius 1 is 1.00 bits per heavy atom. The zero-order valence-electron chi connectivity index (χ0n) is 14.5. The smallest absolute Gasteiger partial charge is 0.309 e. The first-order valence-corrected chi connectivity index (χ1v) is 7.94. The average molecular weight is 325 g/mol. The van der Waals surface area contributed by atoms with Gasteiger partial charge < -0.3 is 10.6 Å². The van der Waals surface area contributed by atoms with Crippen LogP contribution in [0.2, 0.25) is 0 Å². The van der Waals surface area contributed by atoms with Crippen LogP contribution in [0.5, 0.6) is 0 Å². The van der Waals surface area contributed by atoms with Gasteiger partial charge in [0.2, 0.25) is 0 Å². The zero-order chi connectivity index (χ0) is 17.7. The van der Waals surface area contributed by atoms with Crippen LogP contribution in [-0.2, 0) is 16.1 Å². The number of nitrogens with zero attached hydrogens (tertiary/aromatic N) is 1. The minimum absolute atomic E-state index is 0.233. The molecular formula is C19H23N3O2. The van der Waals surface area contributed by atoms with E-state index < -0.39 is 11.8 Å². The number of hydrogen-bond acceptors (Lipinski definition) is 3. The van der Waals surface area contributed by atoms with E-state index in [1.807, 2.05) is 20.8 Å². The third kappa shape index (κ3) is 4.41. The quantitative estimate of drug-likeness (QED) is 0.849. The summed E-state index contributed by atoms with van der Waals surface area (Å²) in [6.07, 6.45) is 3.29. The highest BCUT2D eigenvalue weighted by Crippen LogP contribution is 2.21. The molecule has 2 amide bonds. The first-order valence-electron chi connectivity index (χ1n) is 7.94. The van der Waals surface area contributed by atoms with Gasteiger partial charge in [0.25, 0.3) is 0 Å². The van der Waals surface area contributed by atoms with Gasteiger partial charge in [0.15, 0.2) is 0 Å². The number of carbonyl (C=O) groups excluding carboxylic acids is 2. The summed E-state index contributed by atoms with van der Waals surface area (Å²) < 4.78 is 0. The molecule has 0 aliphatic heterocycles. The highest BCUT2D eigenvalue weighted by atomic mass is 16.2. The Balaban J connectivity index is 1.96. The predicted octanol–water partition coefficient (Wildman–Crippen LogP) is 2.50. The third-order valence-electron chi connectivity index (χ3n) is 4.11. The molecule has 0 spiro atoms. The molecule has 2 N–H and O–H groups in total. The Morgan fingerprint density at radius 2 is 1.62 bits per heavy atom. The van der Waals surface area contributed by atoms with Gasteiger partial charge in [-0.25, -0.2) is 0 Å². The first kappa shape index (κ1) is 17.7. The summed E-state index contributed by atoms with van der Waals surface area (Å²) in [4.78, 5) is 27.9. The van der Waals surface area contributed by atoms with Crippen molar-refractivity contribution in [2.24, 2.45) is 0 Å². The number of rotatable bonds is 4. The standard InChI is InChI=1S/C19H23N3O2/c1-12-9-14(3)17(10-13(12)2)15(4)22-19(24)18(23)21-11-16-5-7-20-8-6-16/h5-10,15H,11H2,1-4H3,(H,21,23)(H,22,24)/t15-/m1/s1. The fourth-order valence-electron chi connectivity index (χ4n) is 2.55. The Kier molecular flexibility index (Phi) is 5.68. The lowest BCUT2D eigenvalue weighted by molar-refractivity contribution is -0.139. The summed E-state index contributed by atoms with van der Waals surface area (Å²) in [6.45, 7) is 8.28. The van der Waals surface area contributed by atoms with Gasteiger partial charge in [0.1, 0.15) is 0 Å². The van der Waals surface area contributed by atoms with Gasteiger partial charge in [-0.15, -0.1) is 0 Å². The monoisotopic (exact) mass is 325 g/mol. The molecule has 1 aromatic heterocycles. The number of aryl methyl sites for hydroxylation is 3. The lowest BCUT2D eigenvalue weighted by atomic mass is 9.96. The van der Waals surface area contributed by atoms with Crippen LogP contribution >= 0.6 is 0 Å². The molecule has 1 atom stereocenters. The first-order chi connectivity index (χ1) is 11.4. The number of aromatic nitrogens is 1. The lowest BCUT2D eigenvalue weighted by Crippen LogP contribution is -2.40. The molecule has 126 valence electrons. The van der Waals surface area contributed by atoms with Crippen molar-refractivity contribution in [2.45, 2.75) is 40.3 Å². The predicted molar refractivity (Wildman–Crippen MR) is 93.3 cm³/mol. The van der Waals surface area contributed by atoms with Crippen LogP contribution in [0.15, 0.2) is 36.7 Å². The molecule has 1 aromatic carbocycles. The molecule has 0 saturated carbocycles. The summed E-state index contributed by atoms with van der Waals surface area (Å²) in [7, 11) is 0. The molecule has 0 fully saturated rings. The summed E-state index contributed by atoms with van der Waals surface area (Å²) in [5, 5.41) is 5.37. The maximum atomic E-state index is 12.1. The van der Waals surface area contributed by atoms with E-state index in [9.17, 15) is 9.59 Å². The second-order valence-electron chi connectivity index (χ2n) is 6.03. The molecule has 0 bridgehead atoms. The second kappa shape index (κ2) is 7.73. The van der Waals surface area contributed by atoms with Gasteiger partial charge in [0.05, 0.1) is 6.04 Å². The van der Waals surface area contributed by atoms with Crippen LogP contribution in [0.3, 0.4) is 0 Å². The second-order valence-corrected chi connectivity index (χ2v) is 6.03. The summed E-state index contributed by atoms with van der Waals surface area (Å²) in [5.41, 5.74) is 5.39. The van der Waals surface area contributed by atoms with E-state index in [1.165, 1.54) is 11.1 Å². The van der Waals surface area contributed by atoms with E-state index in [4.69, 9.17) is 0 Å². The molecule has 0 aliphatic carbocycles. The average Bonchev–Trinajstić information content (AvgIpc) is 2.56. The van der Waals surface area contributed by atoms with Crippen molar-refractivity contribution in [2.75, 3.05) is 0 Å². The van der Waals surface area contributed by atoms with Crippen molar-refractivity contribution in [1.82, 2.24) is 15.6 Å². The minimum atomic E-state index is -0.639. The van der Waals surface area contributed by atoms with Gasteiger partial charge in [0, 0.05) is 18.9 Å². The van der Waals surface area contributed by atoms with Crippen molar-refractivity contribution >= 4 is 11.8 Å². The molecule has 2 rings (SSSR count). The highest BCUT2D eigenvalue weighted by molar-refractivity contribution is 6.35. The van der Waals surface area contributed by atoms with E-state index in [1.54, 1.807) is 24.5 Å². The Morgan fingerprint density at radius 3 is 2.29 bits per heavy atom. The van der Waals surface area contributed by atoms with Crippen molar-refractivity contribution in [3.63, 3.8) is 0 Å². The topological polar surface area (TPSA) is 71.1 Å². The summed E-state index contributed by atoms with van der Waals surface area (Å²) in [5.74, 6) is -1.27. The molecule has 2 aromatic rings. The maximum Gasteiger partial charge on any atom is 0.309 e. The Labute approximate surface area is 142 Å². The van der Waals surface area contributed by atoms with Gasteiger partial charge in [-0.1, -0.05) is 12.1 Å². The van der Waals surface area contributed by atoms with Crippen molar-refractivity contribution in [3.05, 3.63) is 64.5 Å². The summed E-state index contributed by atoms with van der Waals surface area (Å²) in [6, 6.07) is 7.50. The van der Waals surface area contributed by atoms with Crippen molar-refractivity contribution < 1.29 is 9.59 Å². The number of carbonyl (C=O) groups is 2. The number of amides is 2. The summed E-state index contributed by atoms with van der Waals surface area (Å²) >= 11 is 0. The van der Waals surface area contributed by atoms with Crippen LogP contribution < -0.4 is 10.6 Å². The molecule has 1 heterocycles. The SMILES string of the molecule is Cc1cc(C)c([C@@H](C)NC(=O)C(=O)NCc2ccncc2)cc1C. The number of benzene rings is 1. The zero-order valence-corrected chi connectivity index (χ0v) is 14.5. The van der Waals surface area contributed by atoms with Crippen LogP contribution in [0.25, 0.3) is 0 Å². The molecule has 0 unspecified atom stereocenters. The van der Waals surface area contributed by atoms with Crippen LogP contribution in [0.1, 0.15) is 40.8 Å². The van der Waals surface area contributed by atoms with Crippen molar-refractivity contribution in [1.29, 1.82) is 0 Å². The lowest BCUT2D eigenvalue weighted by Gasteiger charge is -2.18. The molecular weight excluding hydrogens is 302 g/mol. The van der Waals surface area contributed by atoms with E-state index in [2.05, 4.69) is 34.7 Å². The third-order valence-corrected chi connectivity index (χ3v) is 4.11. The molecule has 0 aliphatic rings. The van der Waals surface area contributed by atoms with Crippen LogP contribution in [0, 0.1) is 20.8 Å². The van der Waals surface area contributed by atoms with Gasteiger partial charge in [-0.05, 0) is 67.6 Å². The molecule has 5 nitrogen and oxygen atoms in total. The number of nitrogens with one attached hydrogen (secondary N) is 2. The maximum absolute atomic E-state index is 12.1. The van der Waals surface area contributed by atoms with Gasteiger partial charge in [-0.2, -0.15) is 0 Å². The van der Waals surface area contributed by atoms with E-state index in [-0.39, 0.29) is 6.04 Å². The number of hydrogen-bond donors (Lipinski definition) is 2. The largest absolute Gasteiger partial charge is 0.344 e. The molecule has 24 heavy (non-hydrogen) atoms. The van der Waals surface area contributed by atoms with E-state index in [0.29, 0.717) is 6.54 Å². The van der Waals surface area contributed by atoms with Crippen LogP contribution in [-0.4, -0.2) is 16.8 Å². The highest BCUT2D eigenvalue weighted by Gasteiger charge is 2.18. The van der Waals surface area contributed by atoms with Crippen LogP contribution in [0.4, 0.5) is 0 Å². The molecule has 5 heteroatoms. The molecule has 0 saturated heterocycles. The van der Waals surface area contributed by atoms with Gasteiger partial charge in [-0.3, -0.25) is 14.6 Å². The number of pyridine rings is 1. The normalized spacial score (nSPS) is 11.7. The fraction of sp³-hybridized carbons (Fsp3) is 0.316. The fourth-order valence-corrected chi connectivity index (χ4v) is 2.55. The van der Waals surface area contributed by atoms with Gasteiger partial charge >= 0.3 is 11.8 Å².